The van der Waals surface area contributed by atoms with E-state index in [-0.39, 0.29) is 29.6 Å². The predicted octanol–water partition coefficient (Wildman–Crippen LogP) is 4.20. The summed E-state index contributed by atoms with van der Waals surface area (Å²) in [6.07, 6.45) is 2.52. The van der Waals surface area contributed by atoms with Crippen molar-refractivity contribution in [1.29, 1.82) is 0 Å². The maximum absolute atomic E-state index is 5.88. The van der Waals surface area contributed by atoms with Crippen LogP contribution in [0.1, 0.15) is 51.7 Å². The average Bonchev–Trinajstić information content (AvgIpc) is 2.62. The number of nitrogens with one attached hydrogen (secondary N) is 1. The lowest BCUT2D eigenvalue weighted by molar-refractivity contribution is -0.0149. The van der Waals surface area contributed by atoms with Crippen molar-refractivity contribution in [2.45, 2.75) is 65.4 Å². The molecule has 1 N–H and O–H groups in total. The average molecular weight is 489 g/mol. The molecule has 0 spiro atoms. The van der Waals surface area contributed by atoms with Crippen molar-refractivity contribution in [3.63, 3.8) is 0 Å². The Kier molecular flexibility index (Phi) is 10.6. The molecule has 6 heteroatoms. The van der Waals surface area contributed by atoms with Crippen LogP contribution in [0.15, 0.2) is 29.3 Å². The highest BCUT2D eigenvalue weighted by molar-refractivity contribution is 14.0. The Bertz CT molecular complexity index is 579. The summed E-state index contributed by atoms with van der Waals surface area (Å²) in [6, 6.07) is 8.55. The van der Waals surface area contributed by atoms with E-state index in [0.29, 0.717) is 12.7 Å². The van der Waals surface area contributed by atoms with Gasteiger partial charge in [-0.15, -0.1) is 24.0 Å². The second-order valence-electron chi connectivity index (χ2n) is 7.76. The number of piperidine rings is 1. The van der Waals surface area contributed by atoms with Gasteiger partial charge in [0, 0.05) is 33.3 Å². The summed E-state index contributed by atoms with van der Waals surface area (Å²) < 4.78 is 11.6. The molecular weight excluding hydrogens is 453 g/mol. The molecule has 0 saturated carbocycles. The molecule has 0 radical (unpaired) electrons. The minimum Gasteiger partial charge on any atom is -0.378 e. The van der Waals surface area contributed by atoms with Crippen LogP contribution >= 0.6 is 24.0 Å². The predicted molar refractivity (Wildman–Crippen MR) is 123 cm³/mol. The van der Waals surface area contributed by atoms with Crippen molar-refractivity contribution in [2.24, 2.45) is 4.99 Å². The van der Waals surface area contributed by atoms with Gasteiger partial charge in [0.05, 0.1) is 18.3 Å². The summed E-state index contributed by atoms with van der Waals surface area (Å²) in [5.41, 5.74) is 2.32. The molecule has 0 aromatic heterocycles. The quantitative estimate of drug-likeness (QED) is 0.370. The third-order valence-electron chi connectivity index (χ3n) is 4.47. The lowest BCUT2D eigenvalue weighted by Gasteiger charge is -2.34. The third kappa shape index (κ3) is 8.79. The highest BCUT2D eigenvalue weighted by Gasteiger charge is 2.21. The number of aliphatic imine (C=N–C) groups is 1. The summed E-state index contributed by atoms with van der Waals surface area (Å²) in [5, 5.41) is 3.50. The first-order chi connectivity index (χ1) is 12.4. The fourth-order valence-electron chi connectivity index (χ4n) is 3.11. The van der Waals surface area contributed by atoms with E-state index < -0.39 is 0 Å². The zero-order chi connectivity index (χ0) is 19.0. The maximum Gasteiger partial charge on any atom is 0.193 e. The van der Waals surface area contributed by atoms with E-state index >= 15 is 0 Å². The largest absolute Gasteiger partial charge is 0.378 e. The van der Waals surface area contributed by atoms with Gasteiger partial charge in [-0.2, -0.15) is 0 Å². The molecule has 1 saturated heterocycles. The van der Waals surface area contributed by atoms with Crippen LogP contribution in [0.4, 0.5) is 0 Å². The highest BCUT2D eigenvalue weighted by atomic mass is 127. The van der Waals surface area contributed by atoms with Gasteiger partial charge in [-0.1, -0.05) is 24.3 Å². The lowest BCUT2D eigenvalue weighted by Crippen LogP contribution is -2.46. The second-order valence-corrected chi connectivity index (χ2v) is 7.76. The standard InChI is InChI=1S/C21H35N3O2.HI/c1-6-25-19-10-12-24(13-11-19)20(22-5)23-15-17-8-7-9-18(14-17)16-26-21(2,3)4;/h7-9,14,19H,6,10-13,15-16H2,1-5H3,(H,22,23);1H. The second kappa shape index (κ2) is 11.9. The summed E-state index contributed by atoms with van der Waals surface area (Å²) in [5.74, 6) is 0.969. The van der Waals surface area contributed by atoms with E-state index in [1.807, 2.05) is 7.05 Å². The van der Waals surface area contributed by atoms with Gasteiger partial charge >= 0.3 is 0 Å². The van der Waals surface area contributed by atoms with Crippen molar-refractivity contribution < 1.29 is 9.47 Å². The molecule has 1 aromatic rings. The number of likely N-dealkylation sites (tertiary alicyclic amines) is 1. The van der Waals surface area contributed by atoms with Crippen LogP contribution in [-0.4, -0.2) is 49.3 Å². The Morgan fingerprint density at radius 1 is 1.22 bits per heavy atom. The SMILES string of the molecule is CCOC1CCN(C(=NC)NCc2cccc(COC(C)(C)C)c2)CC1.I. The molecule has 2 rings (SSSR count). The Hall–Kier alpha value is -0.860. The number of rotatable bonds is 6. The van der Waals surface area contributed by atoms with E-state index in [0.717, 1.165) is 45.0 Å². The minimum absolute atomic E-state index is 0. The van der Waals surface area contributed by atoms with Gasteiger partial charge in [0.1, 0.15) is 0 Å². The molecule has 154 valence electrons. The van der Waals surface area contributed by atoms with Crippen LogP contribution < -0.4 is 5.32 Å². The smallest absolute Gasteiger partial charge is 0.193 e. The molecule has 1 aliphatic heterocycles. The van der Waals surface area contributed by atoms with Crippen molar-refractivity contribution in [3.8, 4) is 0 Å². The zero-order valence-electron chi connectivity index (χ0n) is 17.5. The lowest BCUT2D eigenvalue weighted by atomic mass is 10.1. The Balaban J connectivity index is 0.00000364. The van der Waals surface area contributed by atoms with Gasteiger partial charge in [0.15, 0.2) is 5.96 Å². The molecule has 1 aromatic carbocycles. The van der Waals surface area contributed by atoms with Crippen LogP contribution in [0.2, 0.25) is 0 Å². The molecule has 5 nitrogen and oxygen atoms in total. The van der Waals surface area contributed by atoms with Gasteiger partial charge in [0.2, 0.25) is 0 Å². The summed E-state index contributed by atoms with van der Waals surface area (Å²) >= 11 is 0. The van der Waals surface area contributed by atoms with Crippen molar-refractivity contribution in [1.82, 2.24) is 10.2 Å². The first kappa shape index (κ1) is 24.2. The van der Waals surface area contributed by atoms with E-state index in [9.17, 15) is 0 Å². The summed E-state index contributed by atoms with van der Waals surface area (Å²) in [7, 11) is 1.85. The Morgan fingerprint density at radius 3 is 2.48 bits per heavy atom. The normalized spacial score (nSPS) is 16.2. The van der Waals surface area contributed by atoms with Gasteiger partial charge in [-0.25, -0.2) is 0 Å². The Morgan fingerprint density at radius 2 is 1.89 bits per heavy atom. The minimum atomic E-state index is -0.121. The molecule has 0 aliphatic carbocycles. The first-order valence-electron chi connectivity index (χ1n) is 9.70. The number of hydrogen-bond acceptors (Lipinski definition) is 3. The topological polar surface area (TPSA) is 46.1 Å². The van der Waals surface area contributed by atoms with Crippen LogP contribution in [0.25, 0.3) is 0 Å². The number of ether oxygens (including phenoxy) is 2. The monoisotopic (exact) mass is 489 g/mol. The molecular formula is C21H36IN3O2. The third-order valence-corrected chi connectivity index (χ3v) is 4.47. The van der Waals surface area contributed by atoms with E-state index in [4.69, 9.17) is 9.47 Å². The summed E-state index contributed by atoms with van der Waals surface area (Å²) in [6.45, 7) is 12.5. The van der Waals surface area contributed by atoms with Gasteiger partial charge in [-0.05, 0) is 51.7 Å². The number of nitrogens with zero attached hydrogens (tertiary/aromatic N) is 2. The highest BCUT2D eigenvalue weighted by Crippen LogP contribution is 2.15. The fraction of sp³-hybridized carbons (Fsp3) is 0.667. The Labute approximate surface area is 181 Å². The fourth-order valence-corrected chi connectivity index (χ4v) is 3.11. The van der Waals surface area contributed by atoms with Crippen LogP contribution in [-0.2, 0) is 22.6 Å². The number of hydrogen-bond donors (Lipinski definition) is 1. The van der Waals surface area contributed by atoms with Crippen LogP contribution in [0, 0.1) is 0 Å². The van der Waals surface area contributed by atoms with Crippen LogP contribution in [0.3, 0.4) is 0 Å². The molecule has 0 bridgehead atoms. The molecule has 1 heterocycles. The van der Waals surface area contributed by atoms with Crippen molar-refractivity contribution in [2.75, 3.05) is 26.7 Å². The van der Waals surface area contributed by atoms with E-state index in [2.05, 4.69) is 67.2 Å². The first-order valence-corrected chi connectivity index (χ1v) is 9.70. The number of guanidine groups is 1. The van der Waals surface area contributed by atoms with Gasteiger partial charge < -0.3 is 19.7 Å². The van der Waals surface area contributed by atoms with Gasteiger partial charge in [-0.3, -0.25) is 4.99 Å². The molecule has 27 heavy (non-hydrogen) atoms. The molecule has 0 unspecified atom stereocenters. The van der Waals surface area contributed by atoms with Crippen molar-refractivity contribution in [3.05, 3.63) is 35.4 Å². The molecule has 0 atom stereocenters. The van der Waals surface area contributed by atoms with Crippen LogP contribution in [0.5, 0.6) is 0 Å². The zero-order valence-corrected chi connectivity index (χ0v) is 19.8. The summed E-state index contributed by atoms with van der Waals surface area (Å²) in [4.78, 5) is 6.78. The number of halogens is 1. The molecule has 1 aliphatic rings. The number of benzene rings is 1. The van der Waals surface area contributed by atoms with E-state index in [1.54, 1.807) is 0 Å². The van der Waals surface area contributed by atoms with E-state index in [1.165, 1.54) is 11.1 Å². The molecule has 0 amide bonds. The molecule has 1 fully saturated rings. The maximum atomic E-state index is 5.88. The van der Waals surface area contributed by atoms with Crippen molar-refractivity contribution >= 4 is 29.9 Å². The van der Waals surface area contributed by atoms with Gasteiger partial charge in [0.25, 0.3) is 0 Å².